The fourth-order valence-corrected chi connectivity index (χ4v) is 5.92. The molecule has 3 aliphatic heterocycles. The van der Waals surface area contributed by atoms with Gasteiger partial charge in [-0.05, 0) is 48.3 Å². The third-order valence-corrected chi connectivity index (χ3v) is 7.82. The van der Waals surface area contributed by atoms with Gasteiger partial charge < -0.3 is 19.1 Å². The van der Waals surface area contributed by atoms with Crippen LogP contribution in [-0.4, -0.2) is 92.0 Å². The van der Waals surface area contributed by atoms with Crippen LogP contribution in [0.1, 0.15) is 36.6 Å². The summed E-state index contributed by atoms with van der Waals surface area (Å²) in [7, 11) is 1.75. The summed E-state index contributed by atoms with van der Waals surface area (Å²) >= 11 is 0. The molecule has 0 amide bonds. The predicted molar refractivity (Wildman–Crippen MR) is 143 cm³/mol. The first-order chi connectivity index (χ1) is 18.3. The summed E-state index contributed by atoms with van der Waals surface area (Å²) in [6.45, 7) is 8.09. The van der Waals surface area contributed by atoms with Crippen LogP contribution < -0.4 is 0 Å². The molecule has 2 saturated heterocycles. The summed E-state index contributed by atoms with van der Waals surface area (Å²) in [6, 6.07) is 4.25. The second-order valence-electron chi connectivity index (χ2n) is 10.3. The zero-order valence-electron chi connectivity index (χ0n) is 21.7. The Kier molecular flexibility index (Phi) is 7.43. The molecular weight excluding hydrogens is 464 g/mol. The molecule has 2 bridgehead atoms. The van der Waals surface area contributed by atoms with Crippen molar-refractivity contribution in [3.8, 4) is 11.8 Å². The Hall–Kier alpha value is -2.89. The highest BCUT2D eigenvalue weighted by molar-refractivity contribution is 5.73. The Bertz CT molecular complexity index is 1180. The second-order valence-corrected chi connectivity index (χ2v) is 10.3. The molecule has 6 rings (SSSR count). The first-order valence-electron chi connectivity index (χ1n) is 13.5. The minimum atomic E-state index is -0.116. The molecule has 2 fully saturated rings. The van der Waals surface area contributed by atoms with E-state index in [1.165, 1.54) is 16.7 Å². The molecule has 1 aromatic heterocycles. The van der Waals surface area contributed by atoms with Crippen molar-refractivity contribution in [1.82, 2.24) is 19.7 Å². The molecule has 37 heavy (non-hydrogen) atoms. The summed E-state index contributed by atoms with van der Waals surface area (Å²) in [5, 5.41) is 0. The molecule has 0 aromatic carbocycles. The zero-order chi connectivity index (χ0) is 25.0. The zero-order valence-corrected chi connectivity index (χ0v) is 21.7. The van der Waals surface area contributed by atoms with Crippen molar-refractivity contribution >= 4 is 5.57 Å². The van der Waals surface area contributed by atoms with Gasteiger partial charge in [0.25, 0.3) is 0 Å². The maximum atomic E-state index is 6.40. The van der Waals surface area contributed by atoms with Gasteiger partial charge in [-0.2, -0.15) is 0 Å². The summed E-state index contributed by atoms with van der Waals surface area (Å²) in [4.78, 5) is 12.2. The van der Waals surface area contributed by atoms with Crippen molar-refractivity contribution < 1.29 is 14.2 Å². The van der Waals surface area contributed by atoms with Crippen LogP contribution >= 0.6 is 0 Å². The maximum absolute atomic E-state index is 6.40. The number of aromatic nitrogens is 1. The summed E-state index contributed by atoms with van der Waals surface area (Å²) < 4.78 is 18.0. The van der Waals surface area contributed by atoms with E-state index in [1.807, 2.05) is 18.3 Å². The lowest BCUT2D eigenvalue weighted by molar-refractivity contribution is -0.0164. The molecule has 0 radical (unpaired) electrons. The number of hydrogen-bond donors (Lipinski definition) is 0. The van der Waals surface area contributed by atoms with Crippen LogP contribution in [0.3, 0.4) is 0 Å². The lowest BCUT2D eigenvalue weighted by Crippen LogP contribution is -2.46. The number of hydrogen-bond acceptors (Lipinski definition) is 7. The van der Waals surface area contributed by atoms with Crippen LogP contribution in [0.15, 0.2) is 59.7 Å². The fraction of sp³-hybridized carbons (Fsp3) is 0.500. The number of ether oxygens (including phenoxy) is 3. The molecule has 0 saturated carbocycles. The highest BCUT2D eigenvalue weighted by Gasteiger charge is 2.29. The van der Waals surface area contributed by atoms with Gasteiger partial charge >= 0.3 is 0 Å². The molecule has 2 atom stereocenters. The van der Waals surface area contributed by atoms with Gasteiger partial charge in [0.1, 0.15) is 18.6 Å². The molecule has 2 aliphatic carbocycles. The average molecular weight is 501 g/mol. The van der Waals surface area contributed by atoms with Crippen LogP contribution in [0.5, 0.6) is 0 Å². The molecule has 0 N–H and O–H groups in total. The molecule has 4 heterocycles. The molecular formula is C30H36N4O3. The number of allylic oxidation sites excluding steroid dienone is 3. The number of rotatable bonds is 6. The number of piperazine rings is 1. The van der Waals surface area contributed by atoms with Gasteiger partial charge in [-0.15, -0.1) is 0 Å². The van der Waals surface area contributed by atoms with E-state index < -0.39 is 0 Å². The Labute approximate surface area is 220 Å². The maximum Gasteiger partial charge on any atom is 0.131 e. The highest BCUT2D eigenvalue weighted by Crippen LogP contribution is 2.34. The molecule has 1 aromatic rings. The minimum absolute atomic E-state index is 0.116. The first-order valence-corrected chi connectivity index (χ1v) is 13.5. The van der Waals surface area contributed by atoms with E-state index in [0.717, 1.165) is 82.4 Å². The Morgan fingerprint density at radius 1 is 1.16 bits per heavy atom. The topological polar surface area (TPSA) is 50.3 Å². The van der Waals surface area contributed by atoms with E-state index in [4.69, 9.17) is 19.2 Å². The second kappa shape index (κ2) is 11.2. The monoisotopic (exact) mass is 500 g/mol. The number of methoxy groups -OCH3 is 1. The van der Waals surface area contributed by atoms with Crippen molar-refractivity contribution in [2.24, 2.45) is 0 Å². The van der Waals surface area contributed by atoms with Crippen LogP contribution in [-0.2, 0) is 14.2 Å². The first kappa shape index (κ1) is 24.4. The van der Waals surface area contributed by atoms with Gasteiger partial charge in [0.2, 0.25) is 0 Å². The molecule has 194 valence electrons. The van der Waals surface area contributed by atoms with Crippen molar-refractivity contribution in [2.45, 2.75) is 31.5 Å². The van der Waals surface area contributed by atoms with E-state index >= 15 is 0 Å². The van der Waals surface area contributed by atoms with Crippen LogP contribution in [0.2, 0.25) is 0 Å². The van der Waals surface area contributed by atoms with Crippen LogP contribution in [0.25, 0.3) is 5.57 Å². The number of fused-ring (bicyclic) bond motifs is 3. The fourth-order valence-electron chi connectivity index (χ4n) is 5.92. The molecule has 7 nitrogen and oxygen atoms in total. The van der Waals surface area contributed by atoms with E-state index in [2.05, 4.69) is 50.8 Å². The summed E-state index contributed by atoms with van der Waals surface area (Å²) in [5.41, 5.74) is 6.03. The molecule has 7 heteroatoms. The Morgan fingerprint density at radius 2 is 2.08 bits per heavy atom. The summed E-state index contributed by atoms with van der Waals surface area (Å²) in [5.74, 6) is 7.18. The lowest BCUT2D eigenvalue weighted by atomic mass is 10.0. The molecule has 0 spiro atoms. The SMILES string of the molecule is COC1=C(N2CCN(CC3=CC4=CC(OCN(CC5CCCO5)C4)c4ncccc43)CC2)C=CC#CC1. The number of pyridine rings is 1. The van der Waals surface area contributed by atoms with Gasteiger partial charge in [-0.1, -0.05) is 24.0 Å². The van der Waals surface area contributed by atoms with E-state index in [-0.39, 0.29) is 6.10 Å². The summed E-state index contributed by atoms with van der Waals surface area (Å²) in [6.07, 6.45) is 13.7. The quantitative estimate of drug-likeness (QED) is 0.556. The normalized spacial score (nSPS) is 26.4. The molecule has 5 aliphatic rings. The largest absolute Gasteiger partial charge is 0.498 e. The van der Waals surface area contributed by atoms with Crippen molar-refractivity contribution in [1.29, 1.82) is 0 Å². The van der Waals surface area contributed by atoms with Crippen molar-refractivity contribution in [2.75, 3.05) is 66.3 Å². The van der Waals surface area contributed by atoms with E-state index in [1.54, 1.807) is 7.11 Å². The Balaban J connectivity index is 1.17. The third kappa shape index (κ3) is 5.53. The van der Waals surface area contributed by atoms with E-state index in [9.17, 15) is 0 Å². The Morgan fingerprint density at radius 3 is 2.92 bits per heavy atom. The minimum Gasteiger partial charge on any atom is -0.498 e. The van der Waals surface area contributed by atoms with Crippen molar-refractivity contribution in [3.05, 3.63) is 70.9 Å². The van der Waals surface area contributed by atoms with Crippen LogP contribution in [0.4, 0.5) is 0 Å². The van der Waals surface area contributed by atoms with Crippen LogP contribution in [0, 0.1) is 11.8 Å². The molecule has 2 unspecified atom stereocenters. The highest BCUT2D eigenvalue weighted by atomic mass is 16.5. The number of nitrogens with zero attached hydrogens (tertiary/aromatic N) is 4. The van der Waals surface area contributed by atoms with Gasteiger partial charge in [-0.3, -0.25) is 14.8 Å². The van der Waals surface area contributed by atoms with Gasteiger partial charge in [0.05, 0.1) is 31.0 Å². The van der Waals surface area contributed by atoms with Gasteiger partial charge in [-0.25, -0.2) is 0 Å². The average Bonchev–Trinajstić information content (AvgIpc) is 3.14. The van der Waals surface area contributed by atoms with Crippen molar-refractivity contribution in [3.63, 3.8) is 0 Å². The van der Waals surface area contributed by atoms with E-state index in [0.29, 0.717) is 19.3 Å². The third-order valence-electron chi connectivity index (χ3n) is 7.82. The van der Waals surface area contributed by atoms with Gasteiger partial charge in [0, 0.05) is 64.2 Å². The smallest absolute Gasteiger partial charge is 0.131 e. The predicted octanol–water partition coefficient (Wildman–Crippen LogP) is 3.35. The lowest BCUT2D eigenvalue weighted by Gasteiger charge is -2.37. The van der Waals surface area contributed by atoms with Gasteiger partial charge in [0.15, 0.2) is 0 Å². The standard InChI is InChI=1S/C30H36N4O3/c1-35-28-10-4-2-3-9-27(28)34-14-12-32(13-15-34)20-24-17-23-18-29(30-26(24)8-5-11-31-30)37-22-33(19-23)21-25-7-6-16-36-25/h3,5,8-9,11,17-18,25,29H,6-7,10,12-16,19-22H2,1H3.